The van der Waals surface area contributed by atoms with Gasteiger partial charge in [0.05, 0.1) is 10.1 Å². The normalized spacial score (nSPS) is 41.7. The van der Waals surface area contributed by atoms with E-state index in [1.807, 2.05) is 0 Å². The highest BCUT2D eigenvalue weighted by atomic mass is 35.5. The smallest absolute Gasteiger partial charge is 0.224 e. The Labute approximate surface area is 108 Å². The number of hydrogen-bond acceptors (Lipinski definition) is 2. The van der Waals surface area contributed by atoms with Crippen molar-refractivity contribution in [3.05, 3.63) is 22.2 Å². The molecule has 2 aliphatic rings. The maximum absolute atomic E-state index is 6.36. The lowest BCUT2D eigenvalue weighted by atomic mass is 10.0. The van der Waals surface area contributed by atoms with Gasteiger partial charge >= 0.3 is 0 Å². The van der Waals surface area contributed by atoms with E-state index < -0.39 is 15.5 Å². The summed E-state index contributed by atoms with van der Waals surface area (Å²) in [5.74, 6) is -1.29. The molecule has 0 heterocycles. The van der Waals surface area contributed by atoms with Crippen LogP contribution in [0.2, 0.25) is 0 Å². The van der Waals surface area contributed by atoms with Crippen LogP contribution in [0.5, 0.6) is 0 Å². The number of alkyl halides is 2. The minimum Gasteiger partial charge on any atom is -0.349 e. The Morgan fingerprint density at radius 2 is 1.27 bits per heavy atom. The third-order valence-electron chi connectivity index (χ3n) is 2.91. The van der Waals surface area contributed by atoms with Gasteiger partial charge in [-0.25, -0.2) is 0 Å². The maximum Gasteiger partial charge on any atom is 0.224 e. The van der Waals surface area contributed by atoms with Crippen molar-refractivity contribution in [2.75, 3.05) is 14.2 Å². The number of ether oxygens (including phenoxy) is 2. The Morgan fingerprint density at radius 3 is 1.47 bits per heavy atom. The lowest BCUT2D eigenvalue weighted by molar-refractivity contribution is -0.212. The van der Waals surface area contributed by atoms with E-state index in [1.54, 1.807) is 12.2 Å². The molecular formula is C9H8Cl4O2. The van der Waals surface area contributed by atoms with E-state index in [0.29, 0.717) is 0 Å². The Balaban J connectivity index is 2.68. The van der Waals surface area contributed by atoms with Crippen LogP contribution in [0.15, 0.2) is 22.2 Å². The van der Waals surface area contributed by atoms with Crippen molar-refractivity contribution in [3.63, 3.8) is 0 Å². The SMILES string of the molecule is COC1(OC)C2(Cl)C=CC1(Cl)C(Cl)=C2Cl. The summed E-state index contributed by atoms with van der Waals surface area (Å²) in [5, 5.41) is 0.485. The van der Waals surface area contributed by atoms with E-state index in [0.717, 1.165) is 0 Å². The Bertz CT molecular complexity index is 344. The van der Waals surface area contributed by atoms with Crippen LogP contribution in [-0.2, 0) is 9.47 Å². The van der Waals surface area contributed by atoms with Crippen LogP contribution in [0.3, 0.4) is 0 Å². The molecule has 0 aromatic heterocycles. The van der Waals surface area contributed by atoms with Gasteiger partial charge in [0.1, 0.15) is 0 Å². The van der Waals surface area contributed by atoms with Gasteiger partial charge in [-0.3, -0.25) is 0 Å². The second-order valence-electron chi connectivity index (χ2n) is 3.41. The summed E-state index contributed by atoms with van der Waals surface area (Å²) in [6.07, 6.45) is 3.28. The summed E-state index contributed by atoms with van der Waals surface area (Å²) in [7, 11) is 2.90. The molecule has 0 amide bonds. The highest BCUT2D eigenvalue weighted by Crippen LogP contribution is 2.66. The predicted octanol–water partition coefficient (Wildman–Crippen LogP) is 3.20. The first-order valence-corrected chi connectivity index (χ1v) is 5.65. The molecule has 0 radical (unpaired) electrons. The fourth-order valence-corrected chi connectivity index (χ4v) is 3.89. The zero-order chi connectivity index (χ0) is 11.5. The molecule has 0 N–H and O–H groups in total. The van der Waals surface area contributed by atoms with Gasteiger partial charge in [-0.1, -0.05) is 35.4 Å². The van der Waals surface area contributed by atoms with E-state index in [9.17, 15) is 0 Å². The molecule has 2 nitrogen and oxygen atoms in total. The van der Waals surface area contributed by atoms with Crippen LogP contribution in [0, 0.1) is 0 Å². The van der Waals surface area contributed by atoms with Gasteiger partial charge in [-0.2, -0.15) is 0 Å². The molecule has 0 aliphatic heterocycles. The molecule has 0 fully saturated rings. The van der Waals surface area contributed by atoms with Crippen LogP contribution < -0.4 is 0 Å². The summed E-state index contributed by atoms with van der Waals surface area (Å²) in [5.41, 5.74) is 0. The molecule has 0 saturated carbocycles. The van der Waals surface area contributed by atoms with Crippen molar-refractivity contribution >= 4 is 46.4 Å². The van der Waals surface area contributed by atoms with E-state index in [2.05, 4.69) is 0 Å². The number of rotatable bonds is 2. The highest BCUT2D eigenvalue weighted by molar-refractivity contribution is 6.53. The lowest BCUT2D eigenvalue weighted by Crippen LogP contribution is -2.56. The topological polar surface area (TPSA) is 18.5 Å². The summed E-state index contributed by atoms with van der Waals surface area (Å²) < 4.78 is 10.6. The maximum atomic E-state index is 6.36. The molecule has 0 spiro atoms. The van der Waals surface area contributed by atoms with Crippen molar-refractivity contribution in [1.29, 1.82) is 0 Å². The molecule has 0 saturated heterocycles. The second-order valence-corrected chi connectivity index (χ2v) is 5.36. The van der Waals surface area contributed by atoms with Crippen LogP contribution in [0.1, 0.15) is 0 Å². The standard InChI is InChI=1S/C9H8Cl4O2/c1-14-9(15-2)7(12)3-4-8(9,13)6(11)5(7)10/h3-4H,1-2H3. The molecule has 2 unspecified atom stereocenters. The fraction of sp³-hybridized carbons (Fsp3) is 0.556. The predicted molar refractivity (Wildman–Crippen MR) is 61.8 cm³/mol. The first kappa shape index (κ1) is 12.0. The number of methoxy groups -OCH3 is 2. The average molecular weight is 290 g/mol. The largest absolute Gasteiger partial charge is 0.349 e. The van der Waals surface area contributed by atoms with Crippen molar-refractivity contribution in [3.8, 4) is 0 Å². The zero-order valence-corrected chi connectivity index (χ0v) is 11.0. The van der Waals surface area contributed by atoms with E-state index in [1.165, 1.54) is 14.2 Å². The van der Waals surface area contributed by atoms with E-state index in [-0.39, 0.29) is 10.1 Å². The minimum absolute atomic E-state index is 0.243. The summed E-state index contributed by atoms with van der Waals surface area (Å²) in [6.45, 7) is 0. The fourth-order valence-electron chi connectivity index (χ4n) is 2.15. The summed E-state index contributed by atoms with van der Waals surface area (Å²) in [6, 6.07) is 0. The van der Waals surface area contributed by atoms with E-state index in [4.69, 9.17) is 55.9 Å². The summed E-state index contributed by atoms with van der Waals surface area (Å²) >= 11 is 24.8. The third kappa shape index (κ3) is 1.02. The zero-order valence-electron chi connectivity index (χ0n) is 7.98. The number of hydrogen-bond donors (Lipinski definition) is 0. The second kappa shape index (κ2) is 3.28. The number of halogens is 4. The molecule has 2 atom stereocenters. The van der Waals surface area contributed by atoms with Gasteiger partial charge < -0.3 is 9.47 Å². The molecule has 84 valence electrons. The van der Waals surface area contributed by atoms with Crippen molar-refractivity contribution < 1.29 is 9.47 Å². The van der Waals surface area contributed by atoms with Crippen LogP contribution in [0.25, 0.3) is 0 Å². The van der Waals surface area contributed by atoms with E-state index >= 15 is 0 Å². The van der Waals surface area contributed by atoms with Crippen LogP contribution in [-0.4, -0.2) is 29.8 Å². The van der Waals surface area contributed by atoms with Crippen molar-refractivity contribution in [2.24, 2.45) is 0 Å². The Hall–Kier alpha value is 0.560. The molecular weight excluding hydrogens is 282 g/mol. The first-order valence-electron chi connectivity index (χ1n) is 4.14. The van der Waals surface area contributed by atoms with Gasteiger partial charge in [0.15, 0.2) is 9.75 Å². The van der Waals surface area contributed by atoms with Crippen molar-refractivity contribution in [2.45, 2.75) is 15.5 Å². The van der Waals surface area contributed by atoms with Gasteiger partial charge in [0, 0.05) is 14.2 Å². The van der Waals surface area contributed by atoms with Crippen LogP contribution in [0.4, 0.5) is 0 Å². The number of fused-ring (bicyclic) bond motifs is 2. The molecule has 2 aliphatic carbocycles. The van der Waals surface area contributed by atoms with Crippen molar-refractivity contribution in [1.82, 2.24) is 0 Å². The monoisotopic (exact) mass is 288 g/mol. The Kier molecular flexibility index (Phi) is 2.63. The molecule has 2 rings (SSSR count). The molecule has 2 bridgehead atoms. The Morgan fingerprint density at radius 1 is 0.933 bits per heavy atom. The third-order valence-corrected chi connectivity index (χ3v) is 5.30. The minimum atomic E-state index is -1.29. The molecule has 0 aromatic carbocycles. The first-order chi connectivity index (χ1) is 6.89. The lowest BCUT2D eigenvalue weighted by Gasteiger charge is -2.40. The molecule has 0 aromatic rings. The van der Waals surface area contributed by atoms with Gasteiger partial charge in [-0.05, 0) is 0 Å². The quantitative estimate of drug-likeness (QED) is 0.442. The average Bonchev–Trinajstić information content (AvgIpc) is 2.53. The molecule has 15 heavy (non-hydrogen) atoms. The molecule has 6 heteroatoms. The van der Waals surface area contributed by atoms with Crippen LogP contribution >= 0.6 is 46.4 Å². The van der Waals surface area contributed by atoms with Gasteiger partial charge in [0.25, 0.3) is 0 Å². The highest BCUT2D eigenvalue weighted by Gasteiger charge is 2.74. The summed E-state index contributed by atoms with van der Waals surface area (Å²) in [4.78, 5) is -2.31. The van der Waals surface area contributed by atoms with Gasteiger partial charge in [0.2, 0.25) is 5.79 Å². The van der Waals surface area contributed by atoms with Gasteiger partial charge in [-0.15, -0.1) is 23.2 Å².